The molecule has 78 valence electrons. The van der Waals surface area contributed by atoms with Gasteiger partial charge in [-0.3, -0.25) is 4.68 Å². The van der Waals surface area contributed by atoms with Crippen LogP contribution in [0.4, 0.5) is 0 Å². The number of ether oxygens (including phenoxy) is 2. The third-order valence-electron chi connectivity index (χ3n) is 2.11. The van der Waals surface area contributed by atoms with Crippen LogP contribution < -0.4 is 0 Å². The molecule has 0 amide bonds. The van der Waals surface area contributed by atoms with Crippen LogP contribution in [-0.4, -0.2) is 34.3 Å². The highest BCUT2D eigenvalue weighted by Gasteiger charge is 2.19. The monoisotopic (exact) mass is 197 g/mol. The van der Waals surface area contributed by atoms with Crippen LogP contribution in [0.2, 0.25) is 0 Å². The summed E-state index contributed by atoms with van der Waals surface area (Å²) in [5.41, 5.74) is 0.894. The highest BCUT2D eigenvalue weighted by atomic mass is 16.6. The third-order valence-corrected chi connectivity index (χ3v) is 2.11. The van der Waals surface area contributed by atoms with Gasteiger partial charge in [0, 0.05) is 6.54 Å². The summed E-state index contributed by atoms with van der Waals surface area (Å²) >= 11 is 0. The van der Waals surface area contributed by atoms with Crippen LogP contribution in [-0.2, 0) is 22.6 Å². The molecular weight excluding hydrogens is 182 g/mol. The molecule has 0 aliphatic carbocycles. The van der Waals surface area contributed by atoms with Gasteiger partial charge in [-0.15, -0.1) is 5.10 Å². The quantitative estimate of drug-likeness (QED) is 0.693. The van der Waals surface area contributed by atoms with Gasteiger partial charge >= 0.3 is 0 Å². The Bertz CT molecular complexity index is 283. The van der Waals surface area contributed by atoms with Gasteiger partial charge in [0.15, 0.2) is 0 Å². The molecule has 1 aromatic heterocycles. The zero-order valence-electron chi connectivity index (χ0n) is 8.35. The number of aryl methyl sites for hydroxylation is 1. The first kappa shape index (κ1) is 9.61. The molecule has 5 heteroatoms. The molecule has 0 atom stereocenters. The first-order valence-corrected chi connectivity index (χ1v) is 4.97. The van der Waals surface area contributed by atoms with E-state index in [0.29, 0.717) is 19.8 Å². The Hall–Kier alpha value is -0.940. The third kappa shape index (κ3) is 2.30. The summed E-state index contributed by atoms with van der Waals surface area (Å²) in [5.74, 6) is 0. The van der Waals surface area contributed by atoms with Crippen molar-refractivity contribution in [1.82, 2.24) is 15.0 Å². The highest BCUT2D eigenvalue weighted by Crippen LogP contribution is 2.08. The molecule has 0 aromatic carbocycles. The molecule has 1 aliphatic heterocycles. The van der Waals surface area contributed by atoms with Gasteiger partial charge in [-0.25, -0.2) is 0 Å². The minimum atomic E-state index is 0.256. The summed E-state index contributed by atoms with van der Waals surface area (Å²) in [6, 6.07) is 0. The predicted octanol–water partition coefficient (Wildman–Crippen LogP) is 0.603. The molecule has 0 N–H and O–H groups in total. The van der Waals surface area contributed by atoms with E-state index in [-0.39, 0.29) is 6.10 Å². The molecule has 0 saturated carbocycles. The molecule has 1 fully saturated rings. The van der Waals surface area contributed by atoms with Crippen LogP contribution in [0.25, 0.3) is 0 Å². The maximum atomic E-state index is 5.51. The summed E-state index contributed by atoms with van der Waals surface area (Å²) in [6.45, 7) is 4.99. The average molecular weight is 197 g/mol. The van der Waals surface area contributed by atoms with Crippen molar-refractivity contribution in [2.45, 2.75) is 32.6 Å². The van der Waals surface area contributed by atoms with E-state index < -0.39 is 0 Å². The summed E-state index contributed by atoms with van der Waals surface area (Å²) in [6.07, 6.45) is 3.26. The second-order valence-corrected chi connectivity index (χ2v) is 3.44. The van der Waals surface area contributed by atoms with E-state index in [4.69, 9.17) is 9.47 Å². The van der Waals surface area contributed by atoms with Crippen LogP contribution in [0.15, 0.2) is 6.20 Å². The topological polar surface area (TPSA) is 49.2 Å². The molecular formula is C9H15N3O2. The van der Waals surface area contributed by atoms with Gasteiger partial charge in [-0.1, -0.05) is 12.1 Å². The Labute approximate surface area is 83.0 Å². The number of hydrogen-bond acceptors (Lipinski definition) is 4. The van der Waals surface area contributed by atoms with Crippen molar-refractivity contribution in [2.24, 2.45) is 0 Å². The van der Waals surface area contributed by atoms with Crippen molar-refractivity contribution >= 4 is 0 Å². The number of nitrogens with zero attached hydrogens (tertiary/aromatic N) is 3. The van der Waals surface area contributed by atoms with E-state index in [1.165, 1.54) is 0 Å². The van der Waals surface area contributed by atoms with Crippen molar-refractivity contribution in [3.8, 4) is 0 Å². The second-order valence-electron chi connectivity index (χ2n) is 3.44. The van der Waals surface area contributed by atoms with Crippen LogP contribution in [0, 0.1) is 0 Å². The lowest BCUT2D eigenvalue weighted by Gasteiger charge is -2.25. The maximum absolute atomic E-state index is 5.51. The fraction of sp³-hybridized carbons (Fsp3) is 0.778. The van der Waals surface area contributed by atoms with Gasteiger partial charge in [0.25, 0.3) is 0 Å². The minimum absolute atomic E-state index is 0.256. The van der Waals surface area contributed by atoms with Gasteiger partial charge in [0.1, 0.15) is 11.8 Å². The van der Waals surface area contributed by atoms with Gasteiger partial charge < -0.3 is 9.47 Å². The molecule has 0 spiro atoms. The molecule has 0 radical (unpaired) electrons. The lowest BCUT2D eigenvalue weighted by Crippen LogP contribution is -2.35. The predicted molar refractivity (Wildman–Crippen MR) is 49.7 cm³/mol. The van der Waals surface area contributed by atoms with E-state index in [1.54, 1.807) is 0 Å². The molecule has 14 heavy (non-hydrogen) atoms. The molecule has 0 unspecified atom stereocenters. The van der Waals surface area contributed by atoms with Crippen molar-refractivity contribution < 1.29 is 9.47 Å². The normalized spacial score (nSPS) is 16.9. The minimum Gasteiger partial charge on any atom is -0.376 e. The molecule has 1 aromatic rings. The van der Waals surface area contributed by atoms with Crippen LogP contribution in [0.5, 0.6) is 0 Å². The Morgan fingerprint density at radius 1 is 1.64 bits per heavy atom. The summed E-state index contributed by atoms with van der Waals surface area (Å²) in [5, 5.41) is 8.00. The van der Waals surface area contributed by atoms with Crippen LogP contribution in [0.3, 0.4) is 0 Å². The lowest BCUT2D eigenvalue weighted by molar-refractivity contribution is -0.135. The van der Waals surface area contributed by atoms with Crippen molar-refractivity contribution in [2.75, 3.05) is 13.2 Å². The SMILES string of the molecule is CCCn1cc(COC2COC2)nn1. The molecule has 2 rings (SSSR count). The zero-order chi connectivity index (χ0) is 9.80. The standard InChI is InChI=1S/C9H15N3O2/c1-2-3-12-4-8(10-11-12)5-14-9-6-13-7-9/h4,9H,2-3,5-7H2,1H3. The van der Waals surface area contributed by atoms with E-state index in [0.717, 1.165) is 18.7 Å². The van der Waals surface area contributed by atoms with Crippen molar-refractivity contribution in [3.63, 3.8) is 0 Å². The van der Waals surface area contributed by atoms with Crippen LogP contribution >= 0.6 is 0 Å². The van der Waals surface area contributed by atoms with Gasteiger partial charge in [0.05, 0.1) is 26.0 Å². The van der Waals surface area contributed by atoms with Gasteiger partial charge in [-0.2, -0.15) is 0 Å². The highest BCUT2D eigenvalue weighted by molar-refractivity contribution is 4.89. The van der Waals surface area contributed by atoms with Crippen molar-refractivity contribution in [3.05, 3.63) is 11.9 Å². The fourth-order valence-corrected chi connectivity index (χ4v) is 1.26. The first-order chi connectivity index (χ1) is 6.88. The zero-order valence-corrected chi connectivity index (χ0v) is 8.35. The van der Waals surface area contributed by atoms with Crippen molar-refractivity contribution in [1.29, 1.82) is 0 Å². The smallest absolute Gasteiger partial charge is 0.108 e. The summed E-state index contributed by atoms with van der Waals surface area (Å²) in [4.78, 5) is 0. The molecule has 0 bridgehead atoms. The first-order valence-electron chi connectivity index (χ1n) is 4.97. The summed E-state index contributed by atoms with van der Waals surface area (Å²) in [7, 11) is 0. The number of rotatable bonds is 5. The number of aromatic nitrogens is 3. The fourth-order valence-electron chi connectivity index (χ4n) is 1.26. The lowest BCUT2D eigenvalue weighted by atomic mass is 10.3. The Kier molecular flexibility index (Phi) is 3.10. The van der Waals surface area contributed by atoms with Gasteiger partial charge in [-0.05, 0) is 6.42 Å². The Balaban J connectivity index is 1.77. The Morgan fingerprint density at radius 2 is 2.50 bits per heavy atom. The second kappa shape index (κ2) is 4.52. The number of hydrogen-bond donors (Lipinski definition) is 0. The van der Waals surface area contributed by atoms with E-state index in [9.17, 15) is 0 Å². The summed E-state index contributed by atoms with van der Waals surface area (Å²) < 4.78 is 12.4. The average Bonchev–Trinajstić information content (AvgIpc) is 2.51. The molecule has 1 aliphatic rings. The van der Waals surface area contributed by atoms with E-state index in [1.807, 2.05) is 10.9 Å². The van der Waals surface area contributed by atoms with E-state index >= 15 is 0 Å². The molecule has 5 nitrogen and oxygen atoms in total. The largest absolute Gasteiger partial charge is 0.376 e. The Morgan fingerprint density at radius 3 is 3.14 bits per heavy atom. The van der Waals surface area contributed by atoms with E-state index in [2.05, 4.69) is 17.2 Å². The van der Waals surface area contributed by atoms with Crippen LogP contribution in [0.1, 0.15) is 19.0 Å². The maximum Gasteiger partial charge on any atom is 0.108 e. The van der Waals surface area contributed by atoms with Gasteiger partial charge in [0.2, 0.25) is 0 Å². The molecule has 2 heterocycles. The molecule has 1 saturated heterocycles.